The minimum Gasteiger partial charge on any atom is -0.236 e. The monoisotopic (exact) mass is 212 g/mol. The van der Waals surface area contributed by atoms with Crippen LogP contribution in [-0.4, -0.2) is 23.0 Å². The summed E-state index contributed by atoms with van der Waals surface area (Å²) >= 11 is 0. The van der Waals surface area contributed by atoms with Crippen LogP contribution in [0.3, 0.4) is 0 Å². The quantitative estimate of drug-likeness (QED) is 0.397. The average molecular weight is 212 g/mol. The molecular formula is C11H20O2Si. The second-order valence-electron chi connectivity index (χ2n) is 5.58. The summed E-state index contributed by atoms with van der Waals surface area (Å²) in [5.74, 6) is 2.64. The van der Waals surface area contributed by atoms with E-state index in [0.717, 1.165) is 29.9 Å². The maximum atomic E-state index is 5.58. The van der Waals surface area contributed by atoms with Gasteiger partial charge in [0.1, 0.15) is 0 Å². The summed E-state index contributed by atoms with van der Waals surface area (Å²) < 4.78 is 0. The third kappa shape index (κ3) is 1.77. The first-order chi connectivity index (χ1) is 6.83. The van der Waals surface area contributed by atoms with E-state index in [4.69, 9.17) is 9.78 Å². The number of rotatable bonds is 4. The molecule has 2 bridgehead atoms. The molecule has 80 valence electrons. The smallest absolute Gasteiger partial charge is 0.0960 e. The van der Waals surface area contributed by atoms with Crippen LogP contribution >= 0.6 is 0 Å². The molecule has 0 spiro atoms. The van der Waals surface area contributed by atoms with Crippen LogP contribution in [0.4, 0.5) is 0 Å². The van der Waals surface area contributed by atoms with E-state index >= 15 is 0 Å². The molecule has 0 aromatic rings. The van der Waals surface area contributed by atoms with Gasteiger partial charge in [0.25, 0.3) is 0 Å². The van der Waals surface area contributed by atoms with Crippen LogP contribution in [0.2, 0.25) is 5.54 Å². The average Bonchev–Trinajstić information content (AvgIpc) is 2.79. The predicted octanol–water partition coefficient (Wildman–Crippen LogP) is 1.30. The number of hydrogen-bond donors (Lipinski definition) is 0. The molecule has 0 aromatic heterocycles. The largest absolute Gasteiger partial charge is 0.236 e. The summed E-state index contributed by atoms with van der Waals surface area (Å²) in [4.78, 5) is 10.9. The fraction of sp³-hybridized carbons (Fsp3) is 1.00. The van der Waals surface area contributed by atoms with Gasteiger partial charge in [-0.2, -0.15) is 0 Å². The Hall–Kier alpha value is 0.137. The molecule has 3 aliphatic carbocycles. The van der Waals surface area contributed by atoms with E-state index in [0.29, 0.717) is 6.10 Å². The van der Waals surface area contributed by atoms with Crippen molar-refractivity contribution in [2.24, 2.45) is 17.8 Å². The zero-order valence-corrected chi connectivity index (χ0v) is 10.9. The van der Waals surface area contributed by atoms with E-state index in [1.54, 1.807) is 0 Å². The molecular weight excluding hydrogens is 192 g/mol. The first kappa shape index (κ1) is 9.37. The molecule has 0 aromatic carbocycles. The molecule has 4 unspecified atom stereocenters. The van der Waals surface area contributed by atoms with Crippen molar-refractivity contribution in [1.29, 1.82) is 0 Å². The maximum Gasteiger partial charge on any atom is 0.0960 e. The van der Waals surface area contributed by atoms with Gasteiger partial charge in [-0.15, -0.1) is 0 Å². The Morgan fingerprint density at radius 1 is 1.14 bits per heavy atom. The highest BCUT2D eigenvalue weighted by atomic mass is 28.1. The van der Waals surface area contributed by atoms with E-state index in [2.05, 4.69) is 0 Å². The first-order valence-electron chi connectivity index (χ1n) is 6.11. The van der Waals surface area contributed by atoms with E-state index in [1.807, 2.05) is 0 Å². The second-order valence-corrected chi connectivity index (χ2v) is 7.06. The van der Waals surface area contributed by atoms with Gasteiger partial charge in [0.15, 0.2) is 0 Å². The highest BCUT2D eigenvalue weighted by Gasteiger charge is 2.45. The van der Waals surface area contributed by atoms with E-state index < -0.39 is 0 Å². The van der Waals surface area contributed by atoms with E-state index in [1.165, 1.54) is 42.3 Å². The Bertz CT molecular complexity index is 217. The minimum atomic E-state index is 0.454. The van der Waals surface area contributed by atoms with Crippen molar-refractivity contribution >= 4 is 10.2 Å². The molecule has 3 aliphatic rings. The van der Waals surface area contributed by atoms with Crippen LogP contribution in [0.5, 0.6) is 0 Å². The van der Waals surface area contributed by atoms with Crippen LogP contribution < -0.4 is 0 Å². The number of fused-ring (bicyclic) bond motifs is 2. The van der Waals surface area contributed by atoms with Gasteiger partial charge in [-0.3, -0.25) is 0 Å². The maximum absolute atomic E-state index is 5.58. The molecule has 14 heavy (non-hydrogen) atoms. The summed E-state index contributed by atoms with van der Waals surface area (Å²) in [6, 6.07) is 0. The van der Waals surface area contributed by atoms with Crippen LogP contribution in [0.25, 0.3) is 0 Å². The van der Waals surface area contributed by atoms with Crippen LogP contribution in [0.15, 0.2) is 0 Å². The van der Waals surface area contributed by atoms with Crippen molar-refractivity contribution in [3.63, 3.8) is 0 Å². The van der Waals surface area contributed by atoms with Gasteiger partial charge >= 0.3 is 0 Å². The zero-order chi connectivity index (χ0) is 9.54. The zero-order valence-electron chi connectivity index (χ0n) is 8.95. The third-order valence-corrected chi connectivity index (χ3v) is 5.60. The molecule has 3 heteroatoms. The Morgan fingerprint density at radius 2 is 2.00 bits per heavy atom. The lowest BCUT2D eigenvalue weighted by Gasteiger charge is -2.25. The standard InChI is InChI=1S/C11H20O2Si/c14-11-5-8-3-9(11)10(4-8)13-12-6-7-1-2-7/h7-11H,1-6H2,14H3. The molecule has 3 fully saturated rings. The fourth-order valence-corrected chi connectivity index (χ4v) is 4.61. The van der Waals surface area contributed by atoms with Crippen LogP contribution in [-0.2, 0) is 9.78 Å². The Labute approximate surface area is 88.7 Å². The highest BCUT2D eigenvalue weighted by Crippen LogP contribution is 2.51. The summed E-state index contributed by atoms with van der Waals surface area (Å²) in [5, 5.41) is 0. The van der Waals surface area contributed by atoms with Gasteiger partial charge in [-0.25, -0.2) is 9.78 Å². The molecule has 0 heterocycles. The van der Waals surface area contributed by atoms with Crippen molar-refractivity contribution in [3.8, 4) is 0 Å². The van der Waals surface area contributed by atoms with E-state index in [9.17, 15) is 0 Å². The molecule has 0 N–H and O–H groups in total. The molecule has 0 amide bonds. The molecule has 0 radical (unpaired) electrons. The van der Waals surface area contributed by atoms with Crippen molar-refractivity contribution in [2.45, 2.75) is 43.7 Å². The first-order valence-corrected chi connectivity index (χ1v) is 7.26. The normalized spacial score (nSPS) is 46.3. The number of hydrogen-bond acceptors (Lipinski definition) is 2. The van der Waals surface area contributed by atoms with Gasteiger partial charge in [-0.05, 0) is 49.0 Å². The van der Waals surface area contributed by atoms with Gasteiger partial charge in [0.05, 0.1) is 12.7 Å². The lowest BCUT2D eigenvalue weighted by molar-refractivity contribution is -0.334. The van der Waals surface area contributed by atoms with Gasteiger partial charge in [0, 0.05) is 10.2 Å². The van der Waals surface area contributed by atoms with Crippen molar-refractivity contribution < 1.29 is 9.78 Å². The molecule has 3 saturated carbocycles. The molecule has 2 nitrogen and oxygen atoms in total. The van der Waals surface area contributed by atoms with Gasteiger partial charge < -0.3 is 0 Å². The lowest BCUT2D eigenvalue weighted by Crippen LogP contribution is -2.25. The van der Waals surface area contributed by atoms with Crippen molar-refractivity contribution in [1.82, 2.24) is 0 Å². The molecule has 0 saturated heterocycles. The summed E-state index contributed by atoms with van der Waals surface area (Å²) in [6.07, 6.45) is 7.33. The van der Waals surface area contributed by atoms with Crippen molar-refractivity contribution in [2.75, 3.05) is 6.61 Å². The van der Waals surface area contributed by atoms with Crippen molar-refractivity contribution in [3.05, 3.63) is 0 Å². The Balaban J connectivity index is 1.44. The third-order valence-electron chi connectivity index (χ3n) is 4.28. The van der Waals surface area contributed by atoms with Gasteiger partial charge in [0.2, 0.25) is 0 Å². The van der Waals surface area contributed by atoms with E-state index in [-0.39, 0.29) is 0 Å². The molecule has 4 atom stereocenters. The Morgan fingerprint density at radius 3 is 2.64 bits per heavy atom. The summed E-state index contributed by atoms with van der Waals surface area (Å²) in [6.45, 7) is 0.847. The predicted molar refractivity (Wildman–Crippen MR) is 58.1 cm³/mol. The SMILES string of the molecule is [SiH3]C1CC2CC(OOCC3CC3)C1C2. The van der Waals surface area contributed by atoms with Gasteiger partial charge in [-0.1, -0.05) is 6.42 Å². The topological polar surface area (TPSA) is 18.5 Å². The van der Waals surface area contributed by atoms with Crippen LogP contribution in [0, 0.1) is 17.8 Å². The Kier molecular flexibility index (Phi) is 2.42. The highest BCUT2D eigenvalue weighted by molar-refractivity contribution is 6.12. The second kappa shape index (κ2) is 3.61. The summed E-state index contributed by atoms with van der Waals surface area (Å²) in [5.41, 5.74) is 1.00. The molecule has 3 rings (SSSR count). The minimum absolute atomic E-state index is 0.454. The fourth-order valence-electron chi connectivity index (χ4n) is 3.25. The molecule has 0 aliphatic heterocycles. The summed E-state index contributed by atoms with van der Waals surface area (Å²) in [7, 11) is 1.35. The van der Waals surface area contributed by atoms with Crippen LogP contribution in [0.1, 0.15) is 32.1 Å². The lowest BCUT2D eigenvalue weighted by atomic mass is 9.97.